The minimum atomic E-state index is 0.769. The van der Waals surface area contributed by atoms with E-state index in [1.165, 1.54) is 0 Å². The van der Waals surface area contributed by atoms with E-state index < -0.39 is 0 Å². The molecule has 15 heavy (non-hydrogen) atoms. The highest BCUT2D eigenvalue weighted by atomic mass is 15.3. The van der Waals surface area contributed by atoms with E-state index in [1.54, 1.807) is 10.9 Å². The number of anilines is 1. The van der Waals surface area contributed by atoms with Crippen LogP contribution in [0.1, 0.15) is 19.4 Å². The van der Waals surface area contributed by atoms with Crippen LogP contribution in [0.3, 0.4) is 0 Å². The third-order valence-electron chi connectivity index (χ3n) is 1.85. The molecule has 0 saturated heterocycles. The second kappa shape index (κ2) is 5.20. The summed E-state index contributed by atoms with van der Waals surface area (Å²) in [6.45, 7) is 6.02. The molecule has 3 heteroatoms. The molecule has 0 saturated carbocycles. The number of benzene rings is 1. The SMILES string of the molecule is CC.Cc1cc(N)cc(-n2cccn2)c1. The normalized spacial score (nSPS) is 9.27. The van der Waals surface area contributed by atoms with Gasteiger partial charge in [0, 0.05) is 18.1 Å². The average Bonchev–Trinajstić information content (AvgIpc) is 2.72. The predicted octanol–water partition coefficient (Wildman–Crippen LogP) is 2.79. The Morgan fingerprint density at radius 3 is 2.47 bits per heavy atom. The maximum Gasteiger partial charge on any atom is 0.0668 e. The quantitative estimate of drug-likeness (QED) is 0.724. The molecule has 0 aliphatic carbocycles. The van der Waals surface area contributed by atoms with Gasteiger partial charge in [0.2, 0.25) is 0 Å². The lowest BCUT2D eigenvalue weighted by molar-refractivity contribution is 0.879. The van der Waals surface area contributed by atoms with Gasteiger partial charge in [-0.1, -0.05) is 13.8 Å². The summed E-state index contributed by atoms with van der Waals surface area (Å²) in [5.41, 5.74) is 8.64. The van der Waals surface area contributed by atoms with Crippen molar-refractivity contribution >= 4 is 5.69 Å². The number of nitrogens with two attached hydrogens (primary N) is 1. The minimum absolute atomic E-state index is 0.769. The Bertz CT molecular complexity index is 385. The predicted molar refractivity (Wildman–Crippen MR) is 64.1 cm³/mol. The van der Waals surface area contributed by atoms with E-state index in [0.29, 0.717) is 0 Å². The van der Waals surface area contributed by atoms with Crippen molar-refractivity contribution in [3.8, 4) is 5.69 Å². The zero-order chi connectivity index (χ0) is 11.3. The Hall–Kier alpha value is -1.77. The molecule has 0 aliphatic rings. The molecule has 0 atom stereocenters. The highest BCUT2D eigenvalue weighted by molar-refractivity contribution is 5.50. The maximum atomic E-state index is 5.72. The van der Waals surface area contributed by atoms with Crippen molar-refractivity contribution in [2.24, 2.45) is 0 Å². The Balaban J connectivity index is 0.000000531. The molecule has 3 nitrogen and oxygen atoms in total. The third kappa shape index (κ3) is 2.84. The van der Waals surface area contributed by atoms with Crippen LogP contribution in [0.25, 0.3) is 5.69 Å². The van der Waals surface area contributed by atoms with E-state index in [1.807, 2.05) is 51.2 Å². The molecule has 0 bridgehead atoms. The summed E-state index contributed by atoms with van der Waals surface area (Å²) >= 11 is 0. The fraction of sp³-hybridized carbons (Fsp3) is 0.250. The largest absolute Gasteiger partial charge is 0.399 e. The van der Waals surface area contributed by atoms with Gasteiger partial charge in [0.05, 0.1) is 5.69 Å². The highest BCUT2D eigenvalue weighted by Gasteiger charge is 1.97. The van der Waals surface area contributed by atoms with Crippen LogP contribution in [0.5, 0.6) is 0 Å². The zero-order valence-electron chi connectivity index (χ0n) is 9.44. The van der Waals surface area contributed by atoms with E-state index in [0.717, 1.165) is 16.9 Å². The number of nitrogens with zero attached hydrogens (tertiary/aromatic N) is 2. The van der Waals surface area contributed by atoms with E-state index in [4.69, 9.17) is 5.73 Å². The maximum absolute atomic E-state index is 5.72. The van der Waals surface area contributed by atoms with Crippen molar-refractivity contribution in [1.29, 1.82) is 0 Å². The van der Waals surface area contributed by atoms with Crippen molar-refractivity contribution < 1.29 is 0 Å². The molecule has 0 radical (unpaired) electrons. The molecule has 1 heterocycles. The molecular weight excluding hydrogens is 186 g/mol. The first-order valence-electron chi connectivity index (χ1n) is 5.13. The Kier molecular flexibility index (Phi) is 3.92. The number of hydrogen-bond donors (Lipinski definition) is 1. The molecule has 1 aromatic heterocycles. The summed E-state index contributed by atoms with van der Waals surface area (Å²) < 4.78 is 1.80. The fourth-order valence-electron chi connectivity index (χ4n) is 1.35. The van der Waals surface area contributed by atoms with Crippen molar-refractivity contribution in [2.45, 2.75) is 20.8 Å². The molecular formula is C12H17N3. The summed E-state index contributed by atoms with van der Waals surface area (Å²) in [5.74, 6) is 0. The van der Waals surface area contributed by atoms with Crippen LogP contribution in [0.2, 0.25) is 0 Å². The molecule has 2 N–H and O–H groups in total. The Morgan fingerprint density at radius 2 is 1.93 bits per heavy atom. The van der Waals surface area contributed by atoms with Crippen molar-refractivity contribution in [2.75, 3.05) is 5.73 Å². The average molecular weight is 203 g/mol. The Morgan fingerprint density at radius 1 is 1.20 bits per heavy atom. The van der Waals surface area contributed by atoms with Gasteiger partial charge in [-0.15, -0.1) is 0 Å². The number of nitrogen functional groups attached to an aromatic ring is 1. The molecule has 1 aromatic carbocycles. The highest BCUT2D eigenvalue weighted by Crippen LogP contribution is 2.14. The summed E-state index contributed by atoms with van der Waals surface area (Å²) in [6, 6.07) is 7.77. The van der Waals surface area contributed by atoms with E-state index in [-0.39, 0.29) is 0 Å². The first-order chi connectivity index (χ1) is 7.25. The second-order valence-corrected chi connectivity index (χ2v) is 3.05. The first kappa shape index (κ1) is 11.3. The number of aryl methyl sites for hydroxylation is 1. The summed E-state index contributed by atoms with van der Waals surface area (Å²) in [4.78, 5) is 0. The molecule has 0 unspecified atom stereocenters. The molecule has 2 aromatic rings. The fourth-order valence-corrected chi connectivity index (χ4v) is 1.35. The van der Waals surface area contributed by atoms with Gasteiger partial charge in [-0.2, -0.15) is 5.10 Å². The van der Waals surface area contributed by atoms with Crippen molar-refractivity contribution in [3.05, 3.63) is 42.2 Å². The van der Waals surface area contributed by atoms with E-state index >= 15 is 0 Å². The number of aromatic nitrogens is 2. The van der Waals surface area contributed by atoms with Crippen LogP contribution in [0, 0.1) is 6.92 Å². The number of hydrogen-bond acceptors (Lipinski definition) is 2. The van der Waals surface area contributed by atoms with Gasteiger partial charge < -0.3 is 5.73 Å². The lowest BCUT2D eigenvalue weighted by Gasteiger charge is -2.03. The first-order valence-corrected chi connectivity index (χ1v) is 5.13. The summed E-state index contributed by atoms with van der Waals surface area (Å²) in [7, 11) is 0. The molecule has 0 aliphatic heterocycles. The third-order valence-corrected chi connectivity index (χ3v) is 1.85. The van der Waals surface area contributed by atoms with Crippen LogP contribution >= 0.6 is 0 Å². The molecule has 0 spiro atoms. The van der Waals surface area contributed by atoms with Crippen molar-refractivity contribution in [3.63, 3.8) is 0 Å². The van der Waals surface area contributed by atoms with Gasteiger partial charge >= 0.3 is 0 Å². The smallest absolute Gasteiger partial charge is 0.0668 e. The topological polar surface area (TPSA) is 43.8 Å². The van der Waals surface area contributed by atoms with Gasteiger partial charge in [-0.25, -0.2) is 4.68 Å². The molecule has 2 rings (SSSR count). The van der Waals surface area contributed by atoms with Gasteiger partial charge in [0.25, 0.3) is 0 Å². The Labute approximate surface area is 90.5 Å². The van der Waals surface area contributed by atoms with Crippen LogP contribution in [0.4, 0.5) is 5.69 Å². The van der Waals surface area contributed by atoms with E-state index in [9.17, 15) is 0 Å². The van der Waals surface area contributed by atoms with Crippen LogP contribution in [-0.4, -0.2) is 9.78 Å². The van der Waals surface area contributed by atoms with Crippen molar-refractivity contribution in [1.82, 2.24) is 9.78 Å². The molecule has 80 valence electrons. The standard InChI is InChI=1S/C10H11N3.C2H6/c1-8-5-9(11)7-10(6-8)13-4-2-3-12-13;1-2/h2-7H,11H2,1H3;1-2H3. The van der Waals surface area contributed by atoms with Gasteiger partial charge in [0.1, 0.15) is 0 Å². The summed E-state index contributed by atoms with van der Waals surface area (Å²) in [6.07, 6.45) is 3.65. The van der Waals surface area contributed by atoms with Crippen LogP contribution < -0.4 is 5.73 Å². The van der Waals surface area contributed by atoms with E-state index in [2.05, 4.69) is 5.10 Å². The lowest BCUT2D eigenvalue weighted by Crippen LogP contribution is -1.96. The minimum Gasteiger partial charge on any atom is -0.399 e. The monoisotopic (exact) mass is 203 g/mol. The van der Waals surface area contributed by atoms with Crippen LogP contribution in [0.15, 0.2) is 36.7 Å². The van der Waals surface area contributed by atoms with Gasteiger partial charge in [0.15, 0.2) is 0 Å². The second-order valence-electron chi connectivity index (χ2n) is 3.05. The van der Waals surface area contributed by atoms with Gasteiger partial charge in [-0.3, -0.25) is 0 Å². The van der Waals surface area contributed by atoms with Crippen LogP contribution in [-0.2, 0) is 0 Å². The summed E-state index contributed by atoms with van der Waals surface area (Å²) in [5, 5.41) is 4.13. The lowest BCUT2D eigenvalue weighted by atomic mass is 10.2. The number of rotatable bonds is 1. The van der Waals surface area contributed by atoms with Gasteiger partial charge in [-0.05, 0) is 36.8 Å². The molecule has 0 fully saturated rings. The zero-order valence-corrected chi connectivity index (χ0v) is 9.44. The molecule has 0 amide bonds.